The Morgan fingerprint density at radius 2 is 2.04 bits per heavy atom. The van der Waals surface area contributed by atoms with Crippen molar-refractivity contribution in [1.29, 1.82) is 0 Å². The van der Waals surface area contributed by atoms with Gasteiger partial charge >= 0.3 is 0 Å². The van der Waals surface area contributed by atoms with E-state index in [1.807, 2.05) is 10.7 Å². The van der Waals surface area contributed by atoms with Gasteiger partial charge in [0.1, 0.15) is 0 Å². The Morgan fingerprint density at radius 1 is 1.25 bits per heavy atom. The third-order valence-corrected chi connectivity index (χ3v) is 3.74. The van der Waals surface area contributed by atoms with Gasteiger partial charge in [-0.2, -0.15) is 10.2 Å². The van der Waals surface area contributed by atoms with E-state index < -0.39 is 0 Å². The summed E-state index contributed by atoms with van der Waals surface area (Å²) in [4.78, 5) is 16.8. The third-order valence-electron chi connectivity index (χ3n) is 3.74. The normalized spacial score (nSPS) is 11.6. The highest BCUT2D eigenvalue weighted by Crippen LogP contribution is 2.17. The molecule has 0 saturated heterocycles. The molecule has 0 saturated carbocycles. The molecular formula is C17H22N6O. The number of hydrogen-bond acceptors (Lipinski definition) is 4. The second-order valence-corrected chi connectivity index (χ2v) is 6.67. The van der Waals surface area contributed by atoms with Crippen LogP contribution in [0.15, 0.2) is 24.5 Å². The predicted octanol–water partition coefficient (Wildman–Crippen LogP) is 3.19. The zero-order valence-corrected chi connectivity index (χ0v) is 14.4. The maximum atomic E-state index is 12.4. The molecule has 1 amide bonds. The van der Waals surface area contributed by atoms with Crippen molar-refractivity contribution in [3.8, 4) is 0 Å². The van der Waals surface area contributed by atoms with Crippen LogP contribution in [-0.2, 0) is 6.54 Å². The molecule has 0 aliphatic heterocycles. The van der Waals surface area contributed by atoms with Crippen molar-refractivity contribution in [2.75, 3.05) is 5.32 Å². The van der Waals surface area contributed by atoms with E-state index in [4.69, 9.17) is 0 Å². The van der Waals surface area contributed by atoms with Gasteiger partial charge < -0.3 is 5.32 Å². The second kappa shape index (κ2) is 6.43. The largest absolute Gasteiger partial charge is 0.305 e. The van der Waals surface area contributed by atoms with Gasteiger partial charge in [0.15, 0.2) is 11.5 Å². The smallest absolute Gasteiger partial charge is 0.258 e. The molecule has 126 valence electrons. The fourth-order valence-corrected chi connectivity index (χ4v) is 2.46. The average Bonchev–Trinajstić information content (AvgIpc) is 3.14. The highest BCUT2D eigenvalue weighted by molar-refractivity contribution is 6.05. The van der Waals surface area contributed by atoms with Crippen molar-refractivity contribution >= 4 is 22.8 Å². The zero-order valence-electron chi connectivity index (χ0n) is 14.4. The molecule has 3 aromatic rings. The Balaban J connectivity index is 1.79. The second-order valence-electron chi connectivity index (χ2n) is 6.67. The molecular weight excluding hydrogens is 304 g/mol. The van der Waals surface area contributed by atoms with Crippen LogP contribution in [-0.4, -0.2) is 30.9 Å². The lowest BCUT2D eigenvalue weighted by Crippen LogP contribution is -2.13. The van der Waals surface area contributed by atoms with Crippen LogP contribution in [0.2, 0.25) is 0 Å². The van der Waals surface area contributed by atoms with Crippen LogP contribution in [0, 0.1) is 5.92 Å². The minimum atomic E-state index is -0.234. The monoisotopic (exact) mass is 326 g/mol. The van der Waals surface area contributed by atoms with Crippen LogP contribution in [0.3, 0.4) is 0 Å². The Labute approximate surface area is 140 Å². The van der Waals surface area contributed by atoms with Gasteiger partial charge in [-0.15, -0.1) is 0 Å². The zero-order chi connectivity index (χ0) is 17.3. The van der Waals surface area contributed by atoms with Crippen molar-refractivity contribution in [3.63, 3.8) is 0 Å². The van der Waals surface area contributed by atoms with Gasteiger partial charge in [0.05, 0.1) is 11.8 Å². The molecule has 3 heterocycles. The molecule has 3 rings (SSSR count). The lowest BCUT2D eigenvalue weighted by atomic mass is 10.1. The average molecular weight is 326 g/mol. The minimum absolute atomic E-state index is 0.234. The van der Waals surface area contributed by atoms with E-state index in [2.05, 4.69) is 53.3 Å². The topological polar surface area (TPSA) is 88.5 Å². The van der Waals surface area contributed by atoms with E-state index in [1.54, 1.807) is 18.5 Å². The van der Waals surface area contributed by atoms with E-state index in [-0.39, 0.29) is 5.91 Å². The van der Waals surface area contributed by atoms with Gasteiger partial charge in [0.25, 0.3) is 5.91 Å². The molecule has 0 atom stereocenters. The van der Waals surface area contributed by atoms with E-state index in [9.17, 15) is 4.79 Å². The Morgan fingerprint density at radius 3 is 2.71 bits per heavy atom. The minimum Gasteiger partial charge on any atom is -0.305 e. The summed E-state index contributed by atoms with van der Waals surface area (Å²) >= 11 is 0. The number of nitrogens with one attached hydrogen (secondary N) is 2. The van der Waals surface area contributed by atoms with Gasteiger partial charge in [-0.3, -0.25) is 9.89 Å². The fourth-order valence-electron chi connectivity index (χ4n) is 2.46. The summed E-state index contributed by atoms with van der Waals surface area (Å²) in [5.74, 6) is 1.09. The first-order chi connectivity index (χ1) is 11.4. The van der Waals surface area contributed by atoms with Crippen LogP contribution in [0.4, 0.5) is 5.82 Å². The number of nitrogens with zero attached hydrogens (tertiary/aromatic N) is 4. The lowest BCUT2D eigenvalue weighted by Gasteiger charge is -2.06. The number of hydrogen-bond donors (Lipinski definition) is 2. The van der Waals surface area contributed by atoms with E-state index in [0.717, 1.165) is 23.3 Å². The number of carbonyl (C=O) groups is 1. The lowest BCUT2D eigenvalue weighted by molar-refractivity contribution is 0.102. The fraction of sp³-hybridized carbons (Fsp3) is 0.412. The SMILES string of the molecule is CC(C)Cn1ncc2cc(C(=O)Nc3cc(C(C)C)[nH]n3)cnc21. The van der Waals surface area contributed by atoms with Gasteiger partial charge in [-0.25, -0.2) is 9.67 Å². The number of carbonyl (C=O) groups excluding carboxylic acids is 1. The standard InChI is InChI=1S/C17H22N6O/c1-10(2)9-23-16-12(8-19-23)5-13(7-18-16)17(24)20-15-6-14(11(3)4)21-22-15/h5-8,10-11H,9H2,1-4H3,(H2,20,21,22,24). The molecule has 0 unspecified atom stereocenters. The van der Waals surface area contributed by atoms with Crippen molar-refractivity contribution in [2.45, 2.75) is 40.2 Å². The summed E-state index contributed by atoms with van der Waals surface area (Å²) in [5.41, 5.74) is 2.26. The highest BCUT2D eigenvalue weighted by atomic mass is 16.1. The first-order valence-electron chi connectivity index (χ1n) is 8.12. The molecule has 0 aliphatic rings. The van der Waals surface area contributed by atoms with Gasteiger partial charge in [0.2, 0.25) is 0 Å². The molecule has 2 N–H and O–H groups in total. The quantitative estimate of drug-likeness (QED) is 0.753. The first kappa shape index (κ1) is 16.2. The van der Waals surface area contributed by atoms with Crippen LogP contribution in [0.5, 0.6) is 0 Å². The number of rotatable bonds is 5. The molecule has 0 fully saturated rings. The number of fused-ring (bicyclic) bond motifs is 1. The first-order valence-corrected chi connectivity index (χ1v) is 8.12. The Kier molecular flexibility index (Phi) is 4.33. The molecule has 0 aromatic carbocycles. The maximum Gasteiger partial charge on any atom is 0.258 e. The Hall–Kier alpha value is -2.70. The van der Waals surface area contributed by atoms with Crippen LogP contribution in [0.25, 0.3) is 11.0 Å². The summed E-state index contributed by atoms with van der Waals surface area (Å²) in [6.07, 6.45) is 3.32. The molecule has 0 radical (unpaired) electrons. The molecule has 7 heteroatoms. The van der Waals surface area contributed by atoms with Gasteiger partial charge in [-0.1, -0.05) is 27.7 Å². The van der Waals surface area contributed by atoms with Gasteiger partial charge in [-0.05, 0) is 17.9 Å². The number of aromatic nitrogens is 5. The Bertz CT molecular complexity index is 861. The summed E-state index contributed by atoms with van der Waals surface area (Å²) in [7, 11) is 0. The number of pyridine rings is 1. The molecule has 0 spiro atoms. The predicted molar refractivity (Wildman–Crippen MR) is 93.0 cm³/mol. The maximum absolute atomic E-state index is 12.4. The summed E-state index contributed by atoms with van der Waals surface area (Å²) in [6, 6.07) is 3.65. The van der Waals surface area contributed by atoms with Crippen molar-refractivity contribution in [2.24, 2.45) is 5.92 Å². The molecule has 3 aromatic heterocycles. The van der Waals surface area contributed by atoms with Crippen molar-refractivity contribution in [1.82, 2.24) is 25.0 Å². The van der Waals surface area contributed by atoms with Crippen molar-refractivity contribution < 1.29 is 4.79 Å². The van der Waals surface area contributed by atoms with E-state index >= 15 is 0 Å². The molecule has 0 bridgehead atoms. The van der Waals surface area contributed by atoms with E-state index in [0.29, 0.717) is 23.2 Å². The summed E-state index contributed by atoms with van der Waals surface area (Å²) in [6.45, 7) is 9.18. The number of H-pyrrole nitrogens is 1. The van der Waals surface area contributed by atoms with Crippen LogP contribution >= 0.6 is 0 Å². The molecule has 7 nitrogen and oxygen atoms in total. The molecule has 0 aliphatic carbocycles. The van der Waals surface area contributed by atoms with Crippen LogP contribution < -0.4 is 5.32 Å². The summed E-state index contributed by atoms with van der Waals surface area (Å²) in [5, 5.41) is 15.0. The third kappa shape index (κ3) is 3.29. The van der Waals surface area contributed by atoms with Crippen LogP contribution in [0.1, 0.15) is 49.7 Å². The van der Waals surface area contributed by atoms with Crippen molar-refractivity contribution in [3.05, 3.63) is 35.8 Å². The molecule has 24 heavy (non-hydrogen) atoms. The summed E-state index contributed by atoms with van der Waals surface area (Å²) < 4.78 is 1.87. The van der Waals surface area contributed by atoms with E-state index in [1.165, 1.54) is 0 Å². The number of aromatic amines is 1. The number of amides is 1. The van der Waals surface area contributed by atoms with Gasteiger partial charge in [0, 0.05) is 29.9 Å². The number of anilines is 1. The highest BCUT2D eigenvalue weighted by Gasteiger charge is 2.13.